The van der Waals surface area contributed by atoms with E-state index < -0.39 is 0 Å². The van der Waals surface area contributed by atoms with Crippen molar-refractivity contribution >= 4 is 17.3 Å². The van der Waals surface area contributed by atoms with Crippen molar-refractivity contribution in [1.82, 2.24) is 9.59 Å². The molecule has 0 aliphatic heterocycles. The molecule has 0 aliphatic carbocycles. The van der Waals surface area contributed by atoms with Crippen molar-refractivity contribution in [3.8, 4) is 0 Å². The van der Waals surface area contributed by atoms with Crippen LogP contribution in [0, 0.1) is 6.92 Å². The van der Waals surface area contributed by atoms with Crippen molar-refractivity contribution in [2.75, 3.05) is 0 Å². The van der Waals surface area contributed by atoms with Gasteiger partial charge in [-0.1, -0.05) is 4.49 Å². The van der Waals surface area contributed by atoms with Gasteiger partial charge in [0, 0.05) is 5.38 Å². The Balaban J connectivity index is 2.10. The van der Waals surface area contributed by atoms with E-state index in [4.69, 9.17) is 4.42 Å². The molecule has 0 N–H and O–H groups in total. The number of hydrogen-bond acceptors (Lipinski definition) is 5. The van der Waals surface area contributed by atoms with Crippen molar-refractivity contribution in [3.63, 3.8) is 0 Å². The predicted octanol–water partition coefficient (Wildman–Crippen LogP) is 1.86. The second kappa shape index (κ2) is 3.71. The molecule has 0 radical (unpaired) electrons. The summed E-state index contributed by atoms with van der Waals surface area (Å²) in [7, 11) is 0. The number of aromatic nitrogens is 2. The van der Waals surface area contributed by atoms with Gasteiger partial charge in [-0.05, 0) is 24.5 Å². The van der Waals surface area contributed by atoms with Crippen LogP contribution in [0.25, 0.3) is 0 Å². The molecular weight excluding hydrogens is 200 g/mol. The zero-order valence-corrected chi connectivity index (χ0v) is 8.37. The van der Waals surface area contributed by atoms with Gasteiger partial charge in [0.05, 0.1) is 17.7 Å². The minimum atomic E-state index is 0.00884. The number of Topliss-reactive ketones (excluding diaryl/α,β-unsaturated/α-hetero) is 1. The number of aryl methyl sites for hydroxylation is 1. The Morgan fingerprint density at radius 1 is 1.64 bits per heavy atom. The number of rotatable bonds is 3. The van der Waals surface area contributed by atoms with E-state index in [1.165, 1.54) is 17.8 Å². The molecule has 2 aromatic heterocycles. The van der Waals surface area contributed by atoms with E-state index in [2.05, 4.69) is 9.59 Å². The summed E-state index contributed by atoms with van der Waals surface area (Å²) in [6, 6.07) is 1.72. The highest BCUT2D eigenvalue weighted by atomic mass is 32.1. The third-order valence-corrected chi connectivity index (χ3v) is 2.35. The van der Waals surface area contributed by atoms with E-state index in [-0.39, 0.29) is 12.2 Å². The van der Waals surface area contributed by atoms with Crippen molar-refractivity contribution in [3.05, 3.63) is 34.7 Å². The van der Waals surface area contributed by atoms with E-state index in [9.17, 15) is 4.79 Å². The van der Waals surface area contributed by atoms with Crippen molar-refractivity contribution in [2.45, 2.75) is 13.3 Å². The van der Waals surface area contributed by atoms with E-state index >= 15 is 0 Å². The Morgan fingerprint density at radius 3 is 3.07 bits per heavy atom. The lowest BCUT2D eigenvalue weighted by atomic mass is 10.1. The lowest BCUT2D eigenvalue weighted by Gasteiger charge is -1.91. The van der Waals surface area contributed by atoms with Crippen molar-refractivity contribution < 1.29 is 9.21 Å². The van der Waals surface area contributed by atoms with Crippen LogP contribution >= 0.6 is 11.5 Å². The van der Waals surface area contributed by atoms with Crippen LogP contribution in [0.1, 0.15) is 21.8 Å². The molecule has 0 unspecified atom stereocenters. The average molecular weight is 208 g/mol. The second-order valence-electron chi connectivity index (χ2n) is 2.94. The highest BCUT2D eigenvalue weighted by molar-refractivity contribution is 7.03. The first-order valence-electron chi connectivity index (χ1n) is 4.10. The number of nitrogens with zero attached hydrogens (tertiary/aromatic N) is 2. The summed E-state index contributed by atoms with van der Waals surface area (Å²) in [5.41, 5.74) is 1.30. The van der Waals surface area contributed by atoms with Crippen LogP contribution in [0.4, 0.5) is 0 Å². The van der Waals surface area contributed by atoms with Gasteiger partial charge in [-0.2, -0.15) is 0 Å². The zero-order chi connectivity index (χ0) is 9.97. The zero-order valence-electron chi connectivity index (χ0n) is 7.56. The van der Waals surface area contributed by atoms with Gasteiger partial charge < -0.3 is 4.42 Å². The van der Waals surface area contributed by atoms with Gasteiger partial charge in [0.15, 0.2) is 5.78 Å². The Morgan fingerprint density at radius 2 is 2.50 bits per heavy atom. The number of furan rings is 1. The molecule has 0 aliphatic rings. The monoisotopic (exact) mass is 208 g/mol. The first kappa shape index (κ1) is 9.08. The SMILES string of the molecule is Cc1cc(C(=O)Cc2csnn2)co1. The first-order chi connectivity index (χ1) is 6.75. The first-order valence-corrected chi connectivity index (χ1v) is 4.93. The van der Waals surface area contributed by atoms with E-state index in [0.717, 1.165) is 5.76 Å². The van der Waals surface area contributed by atoms with E-state index in [0.29, 0.717) is 11.3 Å². The fourth-order valence-electron chi connectivity index (χ4n) is 1.12. The molecular formula is C9H8N2O2S. The van der Waals surface area contributed by atoms with Crippen LogP contribution in [0.3, 0.4) is 0 Å². The van der Waals surface area contributed by atoms with Crippen LogP contribution in [-0.2, 0) is 6.42 Å². The number of carbonyl (C=O) groups is 1. The van der Waals surface area contributed by atoms with Crippen LogP contribution in [-0.4, -0.2) is 15.4 Å². The fourth-order valence-corrected chi connectivity index (χ4v) is 1.57. The van der Waals surface area contributed by atoms with Crippen LogP contribution in [0.2, 0.25) is 0 Å². The third kappa shape index (κ3) is 1.88. The maximum absolute atomic E-state index is 11.6. The Bertz CT molecular complexity index is 433. The number of ketones is 1. The molecule has 0 bridgehead atoms. The summed E-state index contributed by atoms with van der Waals surface area (Å²) in [5, 5.41) is 5.57. The molecule has 0 aromatic carbocycles. The molecule has 0 saturated carbocycles. The molecule has 4 nitrogen and oxygen atoms in total. The van der Waals surface area contributed by atoms with Gasteiger partial charge in [0.25, 0.3) is 0 Å². The summed E-state index contributed by atoms with van der Waals surface area (Å²) in [6.07, 6.45) is 1.76. The minimum absolute atomic E-state index is 0.00884. The Kier molecular flexibility index (Phi) is 2.41. The topological polar surface area (TPSA) is 56.0 Å². The van der Waals surface area contributed by atoms with Crippen LogP contribution in [0.15, 0.2) is 22.1 Å². The lowest BCUT2D eigenvalue weighted by molar-refractivity contribution is 0.0991. The molecule has 0 saturated heterocycles. The van der Waals surface area contributed by atoms with Gasteiger partial charge in [-0.15, -0.1) is 5.10 Å². The summed E-state index contributed by atoms with van der Waals surface area (Å²) in [4.78, 5) is 11.6. The maximum Gasteiger partial charge on any atom is 0.172 e. The molecule has 0 amide bonds. The minimum Gasteiger partial charge on any atom is -0.469 e. The van der Waals surface area contributed by atoms with E-state index in [1.54, 1.807) is 18.4 Å². The van der Waals surface area contributed by atoms with Crippen LogP contribution in [0.5, 0.6) is 0 Å². The van der Waals surface area contributed by atoms with Crippen molar-refractivity contribution in [1.29, 1.82) is 0 Å². The molecule has 2 rings (SSSR count). The summed E-state index contributed by atoms with van der Waals surface area (Å²) in [5.74, 6) is 0.749. The fraction of sp³-hybridized carbons (Fsp3) is 0.222. The molecule has 5 heteroatoms. The van der Waals surface area contributed by atoms with Crippen molar-refractivity contribution in [2.24, 2.45) is 0 Å². The number of carbonyl (C=O) groups excluding carboxylic acids is 1. The predicted molar refractivity (Wildman–Crippen MR) is 51.4 cm³/mol. The van der Waals surface area contributed by atoms with Crippen LogP contribution < -0.4 is 0 Å². The summed E-state index contributed by atoms with van der Waals surface area (Å²) < 4.78 is 8.74. The standard InChI is InChI=1S/C9H8N2O2S/c1-6-2-7(4-13-6)9(12)3-8-5-14-11-10-8/h2,4-5H,3H2,1H3. The van der Waals surface area contributed by atoms with Gasteiger partial charge in [0.2, 0.25) is 0 Å². The third-order valence-electron chi connectivity index (χ3n) is 1.80. The smallest absolute Gasteiger partial charge is 0.172 e. The molecule has 2 aromatic rings. The highest BCUT2D eigenvalue weighted by Crippen LogP contribution is 2.10. The Labute approximate surface area is 84.7 Å². The molecule has 72 valence electrons. The largest absolute Gasteiger partial charge is 0.469 e. The van der Waals surface area contributed by atoms with E-state index in [1.807, 2.05) is 0 Å². The van der Waals surface area contributed by atoms with Gasteiger partial charge in [-0.25, -0.2) is 0 Å². The molecule has 0 atom stereocenters. The molecule has 0 fully saturated rings. The second-order valence-corrected chi connectivity index (χ2v) is 3.55. The average Bonchev–Trinajstić information content (AvgIpc) is 2.75. The maximum atomic E-state index is 11.6. The normalized spacial score (nSPS) is 10.4. The molecule has 14 heavy (non-hydrogen) atoms. The van der Waals surface area contributed by atoms with Gasteiger partial charge in [-0.3, -0.25) is 4.79 Å². The number of hydrogen-bond donors (Lipinski definition) is 0. The molecule has 0 spiro atoms. The summed E-state index contributed by atoms with van der Waals surface area (Å²) in [6.45, 7) is 1.81. The quantitative estimate of drug-likeness (QED) is 0.722. The highest BCUT2D eigenvalue weighted by Gasteiger charge is 2.10. The lowest BCUT2D eigenvalue weighted by Crippen LogP contribution is -2.02. The Hall–Kier alpha value is -1.49. The van der Waals surface area contributed by atoms with Gasteiger partial charge in [0.1, 0.15) is 12.0 Å². The summed E-state index contributed by atoms with van der Waals surface area (Å²) >= 11 is 1.25. The molecule has 2 heterocycles. The van der Waals surface area contributed by atoms with Gasteiger partial charge >= 0.3 is 0 Å².